The Hall–Kier alpha value is -1.63. The second-order valence-electron chi connectivity index (χ2n) is 2.18. The van der Waals surface area contributed by atoms with E-state index in [0.717, 1.165) is 5.69 Å². The molecular weight excluding hydrogens is 140 g/mol. The highest BCUT2D eigenvalue weighted by Gasteiger charge is 1.95. The molecule has 0 saturated heterocycles. The van der Waals surface area contributed by atoms with E-state index in [1.807, 2.05) is 6.92 Å². The van der Waals surface area contributed by atoms with Crippen LogP contribution in [0.1, 0.15) is 11.5 Å². The Morgan fingerprint density at radius 2 is 2.18 bits per heavy atom. The largest absolute Gasteiger partial charge is 0.277 e. The first-order chi connectivity index (χ1) is 5.22. The van der Waals surface area contributed by atoms with Crippen molar-refractivity contribution in [2.24, 2.45) is 0 Å². The molecule has 1 aromatic rings. The number of nitrogens with zero attached hydrogens (tertiary/aromatic N) is 3. The maximum absolute atomic E-state index is 8.28. The van der Waals surface area contributed by atoms with Crippen molar-refractivity contribution in [2.45, 2.75) is 13.8 Å². The van der Waals surface area contributed by atoms with E-state index < -0.39 is 0 Å². The molecule has 0 aromatic carbocycles. The van der Waals surface area contributed by atoms with Crippen LogP contribution in [0.25, 0.3) is 0 Å². The summed E-state index contributed by atoms with van der Waals surface area (Å²) in [7, 11) is 0. The summed E-state index contributed by atoms with van der Waals surface area (Å²) in [6.07, 6.45) is 1.80. The third-order valence-electron chi connectivity index (χ3n) is 1.15. The number of nitriles is 1. The minimum Gasteiger partial charge on any atom is -0.277 e. The first-order valence-corrected chi connectivity index (χ1v) is 3.20. The Labute approximate surface area is 64.9 Å². The van der Waals surface area contributed by atoms with Crippen molar-refractivity contribution in [1.82, 2.24) is 9.97 Å². The van der Waals surface area contributed by atoms with E-state index in [2.05, 4.69) is 15.3 Å². The molecule has 0 aliphatic heterocycles. The zero-order valence-electron chi connectivity index (χ0n) is 6.42. The predicted molar refractivity (Wildman–Crippen MR) is 40.7 cm³/mol. The van der Waals surface area contributed by atoms with Crippen molar-refractivity contribution >= 4 is 5.82 Å². The molecule has 11 heavy (non-hydrogen) atoms. The molecule has 0 fully saturated rings. The molecule has 1 rings (SSSR count). The average molecular weight is 148 g/mol. The van der Waals surface area contributed by atoms with Crippen LogP contribution in [0.15, 0.2) is 6.07 Å². The zero-order chi connectivity index (χ0) is 8.27. The molecule has 1 aromatic heterocycles. The number of hydrogen-bond acceptors (Lipinski definition) is 4. The van der Waals surface area contributed by atoms with Gasteiger partial charge in [-0.1, -0.05) is 0 Å². The Bertz CT molecular complexity index is 280. The van der Waals surface area contributed by atoms with Gasteiger partial charge in [0.15, 0.2) is 6.19 Å². The van der Waals surface area contributed by atoms with Crippen LogP contribution in [0.3, 0.4) is 0 Å². The third kappa shape index (κ3) is 1.90. The van der Waals surface area contributed by atoms with E-state index in [1.54, 1.807) is 19.2 Å². The Kier molecular flexibility index (Phi) is 2.02. The maximum atomic E-state index is 8.28. The van der Waals surface area contributed by atoms with Gasteiger partial charge in [-0.3, -0.25) is 5.32 Å². The van der Waals surface area contributed by atoms with Gasteiger partial charge in [-0.25, -0.2) is 9.97 Å². The highest BCUT2D eigenvalue weighted by Crippen LogP contribution is 2.03. The minimum atomic E-state index is 0.553. The Morgan fingerprint density at radius 1 is 1.45 bits per heavy atom. The summed E-state index contributed by atoms with van der Waals surface area (Å²) in [6, 6.07) is 1.72. The minimum absolute atomic E-state index is 0.553. The standard InChI is InChI=1S/C7H8N4/c1-5-3-7(9-4-8)11-6(2)10-5/h3H,1-2H3,(H,9,10,11). The van der Waals surface area contributed by atoms with Gasteiger partial charge in [0.2, 0.25) is 0 Å². The molecule has 1 heterocycles. The number of aryl methyl sites for hydroxylation is 2. The fourth-order valence-electron chi connectivity index (χ4n) is 0.838. The highest BCUT2D eigenvalue weighted by molar-refractivity contribution is 5.39. The van der Waals surface area contributed by atoms with Gasteiger partial charge in [-0.2, -0.15) is 5.26 Å². The Morgan fingerprint density at radius 3 is 2.73 bits per heavy atom. The van der Waals surface area contributed by atoms with Gasteiger partial charge in [0, 0.05) is 11.8 Å². The van der Waals surface area contributed by atoms with Crippen LogP contribution in [0.2, 0.25) is 0 Å². The zero-order valence-corrected chi connectivity index (χ0v) is 6.42. The molecule has 0 amide bonds. The number of anilines is 1. The van der Waals surface area contributed by atoms with Gasteiger partial charge in [0.1, 0.15) is 11.6 Å². The van der Waals surface area contributed by atoms with Crippen LogP contribution in [0, 0.1) is 25.3 Å². The number of hydrogen-bond donors (Lipinski definition) is 1. The molecule has 4 nitrogen and oxygen atoms in total. The second-order valence-corrected chi connectivity index (χ2v) is 2.18. The fourth-order valence-corrected chi connectivity index (χ4v) is 0.838. The fraction of sp³-hybridized carbons (Fsp3) is 0.286. The summed E-state index contributed by atoms with van der Waals surface area (Å²) in [6.45, 7) is 3.65. The number of aromatic nitrogens is 2. The van der Waals surface area contributed by atoms with Crippen LogP contribution in [0.5, 0.6) is 0 Å². The van der Waals surface area contributed by atoms with Crippen LogP contribution >= 0.6 is 0 Å². The van der Waals surface area contributed by atoms with Crippen LogP contribution < -0.4 is 5.32 Å². The van der Waals surface area contributed by atoms with Gasteiger partial charge < -0.3 is 0 Å². The molecule has 0 aliphatic rings. The van der Waals surface area contributed by atoms with Crippen molar-refractivity contribution in [3.63, 3.8) is 0 Å². The van der Waals surface area contributed by atoms with Crippen LogP contribution in [-0.2, 0) is 0 Å². The van der Waals surface area contributed by atoms with E-state index in [4.69, 9.17) is 5.26 Å². The van der Waals surface area contributed by atoms with E-state index in [0.29, 0.717) is 11.6 Å². The number of rotatable bonds is 1. The second kappa shape index (κ2) is 2.97. The summed E-state index contributed by atoms with van der Waals surface area (Å²) < 4.78 is 0. The molecule has 0 spiro atoms. The molecule has 4 heteroatoms. The summed E-state index contributed by atoms with van der Waals surface area (Å²) in [4.78, 5) is 8.04. The van der Waals surface area contributed by atoms with Gasteiger partial charge in [0.05, 0.1) is 0 Å². The summed E-state index contributed by atoms with van der Waals surface area (Å²) in [5.74, 6) is 1.22. The lowest BCUT2D eigenvalue weighted by molar-refractivity contribution is 1.02. The van der Waals surface area contributed by atoms with E-state index in [1.165, 1.54) is 0 Å². The predicted octanol–water partition coefficient (Wildman–Crippen LogP) is 0.986. The molecule has 0 unspecified atom stereocenters. The van der Waals surface area contributed by atoms with Crippen LogP contribution in [-0.4, -0.2) is 9.97 Å². The van der Waals surface area contributed by atoms with Crippen LogP contribution in [0.4, 0.5) is 5.82 Å². The van der Waals surface area contributed by atoms with Gasteiger partial charge in [0.25, 0.3) is 0 Å². The quantitative estimate of drug-likeness (QED) is 0.476. The monoisotopic (exact) mass is 148 g/mol. The summed E-state index contributed by atoms with van der Waals surface area (Å²) in [5.41, 5.74) is 0.857. The SMILES string of the molecule is Cc1cc(NC#N)nc(C)n1. The van der Waals surface area contributed by atoms with Crippen molar-refractivity contribution in [3.8, 4) is 6.19 Å². The van der Waals surface area contributed by atoms with Gasteiger partial charge in [-0.15, -0.1) is 0 Å². The molecule has 0 radical (unpaired) electrons. The molecule has 0 bridgehead atoms. The Balaban J connectivity index is 3.01. The molecule has 0 atom stereocenters. The van der Waals surface area contributed by atoms with Crippen molar-refractivity contribution < 1.29 is 0 Å². The van der Waals surface area contributed by atoms with E-state index in [-0.39, 0.29) is 0 Å². The van der Waals surface area contributed by atoms with Crippen molar-refractivity contribution in [2.75, 3.05) is 5.32 Å². The van der Waals surface area contributed by atoms with Crippen molar-refractivity contribution in [3.05, 3.63) is 17.6 Å². The lowest BCUT2D eigenvalue weighted by atomic mass is 10.4. The van der Waals surface area contributed by atoms with Gasteiger partial charge in [-0.05, 0) is 13.8 Å². The molecule has 1 N–H and O–H groups in total. The summed E-state index contributed by atoms with van der Waals surface area (Å²) in [5, 5.41) is 10.7. The molecule has 0 aliphatic carbocycles. The first-order valence-electron chi connectivity index (χ1n) is 3.20. The lowest BCUT2D eigenvalue weighted by Crippen LogP contribution is -1.97. The first kappa shape index (κ1) is 7.48. The van der Waals surface area contributed by atoms with E-state index in [9.17, 15) is 0 Å². The maximum Gasteiger partial charge on any atom is 0.182 e. The average Bonchev–Trinajstić information content (AvgIpc) is 1.85. The normalized spacial score (nSPS) is 8.82. The topological polar surface area (TPSA) is 61.6 Å². The molecule has 0 saturated carbocycles. The van der Waals surface area contributed by atoms with Crippen molar-refractivity contribution in [1.29, 1.82) is 5.26 Å². The number of nitrogens with one attached hydrogen (secondary N) is 1. The molecule has 56 valence electrons. The summed E-state index contributed by atoms with van der Waals surface area (Å²) >= 11 is 0. The lowest BCUT2D eigenvalue weighted by Gasteiger charge is -1.98. The highest BCUT2D eigenvalue weighted by atomic mass is 15.0. The smallest absolute Gasteiger partial charge is 0.182 e. The van der Waals surface area contributed by atoms with E-state index >= 15 is 0 Å². The molecular formula is C7H8N4. The third-order valence-corrected chi connectivity index (χ3v) is 1.15. The van der Waals surface area contributed by atoms with Gasteiger partial charge >= 0.3 is 0 Å².